The average Bonchev–Trinajstić information content (AvgIpc) is 2.03. The highest BCUT2D eigenvalue weighted by Crippen LogP contribution is 2.24. The van der Waals surface area contributed by atoms with Crippen molar-refractivity contribution in [2.24, 2.45) is 5.10 Å². The third kappa shape index (κ3) is 2.20. The summed E-state index contributed by atoms with van der Waals surface area (Å²) in [5.74, 6) is 0. The molecule has 0 bridgehead atoms. The van der Waals surface area contributed by atoms with E-state index in [0.717, 1.165) is 0 Å². The van der Waals surface area contributed by atoms with Crippen LogP contribution in [0.5, 0.6) is 0 Å². The van der Waals surface area contributed by atoms with E-state index in [1.807, 2.05) is 12.3 Å². The Morgan fingerprint density at radius 3 is 2.31 bits per heavy atom. The molecule has 0 aromatic carbocycles. The predicted octanol–water partition coefficient (Wildman–Crippen LogP) is 2.94. The summed E-state index contributed by atoms with van der Waals surface area (Å²) >= 11 is 0. The normalized spacial score (nSPS) is 16.7. The second-order valence-electron chi connectivity index (χ2n) is 4.49. The summed E-state index contributed by atoms with van der Waals surface area (Å²) in [6, 6.07) is 0. The molecule has 2 nitrogen and oxygen atoms in total. The number of hydrogen-bond donors (Lipinski definition) is 0. The predicted molar refractivity (Wildman–Crippen MR) is 57.6 cm³/mol. The van der Waals surface area contributed by atoms with Crippen LogP contribution in [-0.2, 0) is 0 Å². The summed E-state index contributed by atoms with van der Waals surface area (Å²) in [6.45, 7) is 10.7. The van der Waals surface area contributed by atoms with Gasteiger partial charge in [0.25, 0.3) is 0 Å². The molecule has 0 fully saturated rings. The van der Waals surface area contributed by atoms with Gasteiger partial charge in [0.15, 0.2) is 0 Å². The molecule has 0 aromatic rings. The summed E-state index contributed by atoms with van der Waals surface area (Å²) in [7, 11) is 0. The van der Waals surface area contributed by atoms with Crippen molar-refractivity contribution in [2.75, 3.05) is 0 Å². The van der Waals surface area contributed by atoms with Crippen molar-refractivity contribution >= 4 is 6.21 Å². The van der Waals surface area contributed by atoms with Crippen molar-refractivity contribution in [1.82, 2.24) is 5.01 Å². The van der Waals surface area contributed by atoms with Crippen molar-refractivity contribution in [3.63, 3.8) is 0 Å². The second-order valence-corrected chi connectivity index (χ2v) is 4.49. The zero-order valence-corrected chi connectivity index (χ0v) is 9.13. The minimum Gasteiger partial charge on any atom is -0.260 e. The molecule has 0 spiro atoms. The van der Waals surface area contributed by atoms with Crippen molar-refractivity contribution in [2.45, 2.75) is 40.2 Å². The van der Waals surface area contributed by atoms with Gasteiger partial charge in [-0.05, 0) is 46.8 Å². The van der Waals surface area contributed by atoms with Crippen LogP contribution in [0.4, 0.5) is 0 Å². The van der Waals surface area contributed by atoms with Gasteiger partial charge in [-0.15, -0.1) is 0 Å². The van der Waals surface area contributed by atoms with E-state index < -0.39 is 0 Å². The van der Waals surface area contributed by atoms with E-state index in [1.54, 1.807) is 0 Å². The SMILES string of the molecule is CC(C)=C1C=CC=NN1C(C)(C)C. The van der Waals surface area contributed by atoms with E-state index in [4.69, 9.17) is 0 Å². The maximum atomic E-state index is 4.37. The topological polar surface area (TPSA) is 15.6 Å². The van der Waals surface area contributed by atoms with Crippen LogP contribution in [0.3, 0.4) is 0 Å². The van der Waals surface area contributed by atoms with Crippen molar-refractivity contribution in [3.05, 3.63) is 23.4 Å². The van der Waals surface area contributed by atoms with Crippen molar-refractivity contribution in [1.29, 1.82) is 0 Å². The monoisotopic (exact) mass is 178 g/mol. The first kappa shape index (κ1) is 10.0. The lowest BCUT2D eigenvalue weighted by Gasteiger charge is -2.35. The summed E-state index contributed by atoms with van der Waals surface area (Å²) in [5.41, 5.74) is 2.55. The Kier molecular flexibility index (Phi) is 2.60. The maximum absolute atomic E-state index is 4.37. The highest BCUT2D eigenvalue weighted by atomic mass is 15.5. The fraction of sp³-hybridized carbons (Fsp3) is 0.545. The number of allylic oxidation sites excluding steroid dienone is 3. The molecule has 0 radical (unpaired) electrons. The van der Waals surface area contributed by atoms with E-state index in [2.05, 4.69) is 50.8 Å². The Morgan fingerprint density at radius 1 is 1.31 bits per heavy atom. The van der Waals surface area contributed by atoms with Crippen molar-refractivity contribution < 1.29 is 0 Å². The summed E-state index contributed by atoms with van der Waals surface area (Å²) in [5, 5.41) is 6.42. The Balaban J connectivity index is 3.04. The molecule has 1 aliphatic heterocycles. The molecule has 2 heteroatoms. The molecule has 0 amide bonds. The van der Waals surface area contributed by atoms with Gasteiger partial charge in [0, 0.05) is 6.21 Å². The third-order valence-corrected chi connectivity index (χ3v) is 1.90. The lowest BCUT2D eigenvalue weighted by molar-refractivity contribution is 0.197. The van der Waals surface area contributed by atoms with Gasteiger partial charge in [-0.1, -0.05) is 5.57 Å². The average molecular weight is 178 g/mol. The minimum atomic E-state index is 0.0495. The van der Waals surface area contributed by atoms with Gasteiger partial charge >= 0.3 is 0 Å². The largest absolute Gasteiger partial charge is 0.260 e. The van der Waals surface area contributed by atoms with Gasteiger partial charge in [-0.3, -0.25) is 5.01 Å². The minimum absolute atomic E-state index is 0.0495. The fourth-order valence-corrected chi connectivity index (χ4v) is 1.29. The van der Waals surface area contributed by atoms with Gasteiger partial charge in [-0.2, -0.15) is 5.10 Å². The summed E-state index contributed by atoms with van der Waals surface area (Å²) in [6.07, 6.45) is 5.91. The van der Waals surface area contributed by atoms with E-state index in [1.165, 1.54) is 11.3 Å². The molecular weight excluding hydrogens is 160 g/mol. The summed E-state index contributed by atoms with van der Waals surface area (Å²) < 4.78 is 0. The van der Waals surface area contributed by atoms with Crippen LogP contribution in [0, 0.1) is 0 Å². The maximum Gasteiger partial charge on any atom is 0.0587 e. The van der Waals surface area contributed by atoms with E-state index in [0.29, 0.717) is 0 Å². The highest BCUT2D eigenvalue weighted by Gasteiger charge is 2.23. The number of nitrogens with zero attached hydrogens (tertiary/aromatic N) is 2. The molecule has 0 aromatic heterocycles. The van der Waals surface area contributed by atoms with Crippen LogP contribution < -0.4 is 0 Å². The quantitative estimate of drug-likeness (QED) is 0.557. The molecule has 1 aliphatic rings. The fourth-order valence-electron chi connectivity index (χ4n) is 1.29. The molecule has 0 unspecified atom stereocenters. The Bertz CT molecular complexity index is 273. The Labute approximate surface area is 80.6 Å². The van der Waals surface area contributed by atoms with Gasteiger partial charge in [0.05, 0.1) is 11.2 Å². The molecule has 0 aliphatic carbocycles. The first-order valence-electron chi connectivity index (χ1n) is 4.61. The standard InChI is InChI=1S/C11H18N2/c1-9(2)10-7-6-8-12-13(10)11(3,4)5/h6-8H,1-5H3. The van der Waals surface area contributed by atoms with E-state index in [9.17, 15) is 0 Å². The first-order valence-corrected chi connectivity index (χ1v) is 4.61. The molecule has 0 saturated carbocycles. The number of hydrazone groups is 1. The Hall–Kier alpha value is -1.05. The molecule has 1 heterocycles. The van der Waals surface area contributed by atoms with E-state index in [-0.39, 0.29) is 5.54 Å². The smallest absolute Gasteiger partial charge is 0.0587 e. The van der Waals surface area contributed by atoms with Crippen molar-refractivity contribution in [3.8, 4) is 0 Å². The molecule has 0 N–H and O–H groups in total. The molecule has 1 rings (SSSR count). The van der Waals surface area contributed by atoms with E-state index >= 15 is 0 Å². The number of hydrogen-bond acceptors (Lipinski definition) is 2. The van der Waals surface area contributed by atoms with Gasteiger partial charge in [-0.25, -0.2) is 0 Å². The Morgan fingerprint density at radius 2 is 1.92 bits per heavy atom. The zero-order chi connectivity index (χ0) is 10.1. The van der Waals surface area contributed by atoms with Crippen LogP contribution in [0.15, 0.2) is 28.5 Å². The van der Waals surface area contributed by atoms with Gasteiger partial charge in [0.1, 0.15) is 0 Å². The van der Waals surface area contributed by atoms with Gasteiger partial charge in [0.2, 0.25) is 0 Å². The van der Waals surface area contributed by atoms with Crippen LogP contribution in [0.1, 0.15) is 34.6 Å². The molecule has 72 valence electrons. The summed E-state index contributed by atoms with van der Waals surface area (Å²) in [4.78, 5) is 0. The zero-order valence-electron chi connectivity index (χ0n) is 9.13. The highest BCUT2D eigenvalue weighted by molar-refractivity contribution is 5.73. The van der Waals surface area contributed by atoms with Crippen LogP contribution in [0.2, 0.25) is 0 Å². The lowest BCUT2D eigenvalue weighted by Crippen LogP contribution is -2.37. The third-order valence-electron chi connectivity index (χ3n) is 1.90. The van der Waals surface area contributed by atoms with Crippen LogP contribution in [-0.4, -0.2) is 16.8 Å². The first-order chi connectivity index (χ1) is 5.93. The molecule has 13 heavy (non-hydrogen) atoms. The molecular formula is C11H18N2. The van der Waals surface area contributed by atoms with Gasteiger partial charge < -0.3 is 0 Å². The lowest BCUT2D eigenvalue weighted by atomic mass is 10.1. The molecule has 0 saturated heterocycles. The second kappa shape index (κ2) is 3.36. The molecule has 0 atom stereocenters. The number of rotatable bonds is 0. The van der Waals surface area contributed by atoms with Crippen LogP contribution in [0.25, 0.3) is 0 Å². The van der Waals surface area contributed by atoms with Crippen LogP contribution >= 0.6 is 0 Å².